The standard InChI is InChI=1S/C7H9NO2S/c1-9-7-3-6(11-8-7)2-5-4-10-5/h3,5H,2,4H2,1H3. The van der Waals surface area contributed by atoms with Crippen LogP contribution in [-0.2, 0) is 11.2 Å². The molecule has 0 amide bonds. The van der Waals surface area contributed by atoms with Crippen molar-refractivity contribution in [2.45, 2.75) is 12.5 Å². The van der Waals surface area contributed by atoms with Crippen LogP contribution >= 0.6 is 11.5 Å². The van der Waals surface area contributed by atoms with Gasteiger partial charge in [0.2, 0.25) is 5.88 Å². The minimum absolute atomic E-state index is 0.445. The molecule has 0 aromatic carbocycles. The quantitative estimate of drug-likeness (QED) is 0.638. The van der Waals surface area contributed by atoms with Crippen molar-refractivity contribution < 1.29 is 9.47 Å². The van der Waals surface area contributed by atoms with Gasteiger partial charge in [-0.25, -0.2) is 0 Å². The van der Waals surface area contributed by atoms with E-state index in [1.165, 1.54) is 16.4 Å². The summed E-state index contributed by atoms with van der Waals surface area (Å²) in [6.45, 7) is 0.903. The molecule has 1 aromatic rings. The van der Waals surface area contributed by atoms with E-state index in [1.807, 2.05) is 6.07 Å². The summed E-state index contributed by atoms with van der Waals surface area (Å²) >= 11 is 1.49. The predicted octanol–water partition coefficient (Wildman–Crippen LogP) is 1.09. The van der Waals surface area contributed by atoms with E-state index in [1.54, 1.807) is 7.11 Å². The molecule has 3 nitrogen and oxygen atoms in total. The first-order valence-electron chi connectivity index (χ1n) is 3.49. The number of hydrogen-bond acceptors (Lipinski definition) is 4. The summed E-state index contributed by atoms with van der Waals surface area (Å²) in [5.74, 6) is 0.714. The fraction of sp³-hybridized carbons (Fsp3) is 0.571. The Labute approximate surface area is 69.1 Å². The lowest BCUT2D eigenvalue weighted by Crippen LogP contribution is -1.88. The molecule has 1 aliphatic heterocycles. The first-order chi connectivity index (χ1) is 5.38. The summed E-state index contributed by atoms with van der Waals surface area (Å²) in [7, 11) is 1.63. The monoisotopic (exact) mass is 171 g/mol. The molecule has 1 atom stereocenters. The Balaban J connectivity index is 1.99. The first kappa shape index (κ1) is 7.06. The second-order valence-corrected chi connectivity index (χ2v) is 3.38. The summed E-state index contributed by atoms with van der Waals surface area (Å²) in [5, 5.41) is 0. The zero-order chi connectivity index (χ0) is 7.68. The molecule has 4 heteroatoms. The van der Waals surface area contributed by atoms with Gasteiger partial charge in [-0.3, -0.25) is 0 Å². The summed E-state index contributed by atoms with van der Waals surface area (Å²) in [4.78, 5) is 1.24. The Kier molecular flexibility index (Phi) is 1.79. The molecule has 60 valence electrons. The van der Waals surface area contributed by atoms with Crippen molar-refractivity contribution in [2.75, 3.05) is 13.7 Å². The largest absolute Gasteiger partial charge is 0.480 e. The van der Waals surface area contributed by atoms with Gasteiger partial charge in [0.25, 0.3) is 0 Å². The third kappa shape index (κ3) is 1.70. The van der Waals surface area contributed by atoms with E-state index < -0.39 is 0 Å². The second-order valence-electron chi connectivity index (χ2n) is 2.50. The van der Waals surface area contributed by atoms with E-state index in [-0.39, 0.29) is 0 Å². The van der Waals surface area contributed by atoms with Gasteiger partial charge in [0.1, 0.15) is 0 Å². The normalized spacial score (nSPS) is 21.7. The van der Waals surface area contributed by atoms with E-state index in [2.05, 4.69) is 4.37 Å². The van der Waals surface area contributed by atoms with Crippen molar-refractivity contribution in [1.82, 2.24) is 4.37 Å². The highest BCUT2D eigenvalue weighted by atomic mass is 32.1. The molecule has 1 fully saturated rings. The molecule has 0 N–H and O–H groups in total. The average Bonchev–Trinajstić information content (AvgIpc) is 2.68. The molecule has 0 saturated carbocycles. The maximum atomic E-state index is 5.09. The molecule has 1 aromatic heterocycles. The summed E-state index contributed by atoms with van der Waals surface area (Å²) in [6, 6.07) is 1.96. The van der Waals surface area contributed by atoms with Crippen LogP contribution in [-0.4, -0.2) is 24.2 Å². The van der Waals surface area contributed by atoms with Crippen molar-refractivity contribution in [3.05, 3.63) is 10.9 Å². The Morgan fingerprint density at radius 2 is 2.73 bits per heavy atom. The van der Waals surface area contributed by atoms with Gasteiger partial charge in [-0.2, -0.15) is 4.37 Å². The Morgan fingerprint density at radius 3 is 3.27 bits per heavy atom. The van der Waals surface area contributed by atoms with E-state index in [0.29, 0.717) is 12.0 Å². The third-order valence-corrected chi connectivity index (χ3v) is 2.37. The van der Waals surface area contributed by atoms with E-state index in [0.717, 1.165) is 13.0 Å². The van der Waals surface area contributed by atoms with Crippen LogP contribution < -0.4 is 4.74 Å². The van der Waals surface area contributed by atoms with Gasteiger partial charge in [-0.15, -0.1) is 0 Å². The van der Waals surface area contributed by atoms with Gasteiger partial charge in [0.15, 0.2) is 0 Å². The molecule has 11 heavy (non-hydrogen) atoms. The van der Waals surface area contributed by atoms with E-state index in [4.69, 9.17) is 9.47 Å². The molecular weight excluding hydrogens is 162 g/mol. The maximum Gasteiger partial charge on any atom is 0.225 e. The fourth-order valence-corrected chi connectivity index (χ4v) is 1.65. The maximum absolute atomic E-state index is 5.09. The number of hydrogen-bond donors (Lipinski definition) is 0. The predicted molar refractivity (Wildman–Crippen MR) is 42.1 cm³/mol. The van der Waals surface area contributed by atoms with Crippen LogP contribution in [0.1, 0.15) is 4.88 Å². The van der Waals surface area contributed by atoms with Crippen LogP contribution in [0.5, 0.6) is 5.88 Å². The highest BCUT2D eigenvalue weighted by molar-refractivity contribution is 7.05. The summed E-state index contributed by atoms with van der Waals surface area (Å²) in [5.41, 5.74) is 0. The highest BCUT2D eigenvalue weighted by Crippen LogP contribution is 2.22. The molecule has 0 spiro atoms. The Morgan fingerprint density at radius 1 is 1.91 bits per heavy atom. The van der Waals surface area contributed by atoms with Gasteiger partial charge in [-0.1, -0.05) is 0 Å². The van der Waals surface area contributed by atoms with Crippen LogP contribution in [0.15, 0.2) is 6.07 Å². The number of aromatic nitrogens is 1. The number of ether oxygens (including phenoxy) is 2. The van der Waals surface area contributed by atoms with Gasteiger partial charge >= 0.3 is 0 Å². The summed E-state index contributed by atoms with van der Waals surface area (Å²) < 4.78 is 14.1. The molecule has 2 rings (SSSR count). The van der Waals surface area contributed by atoms with Crippen molar-refractivity contribution in [3.8, 4) is 5.88 Å². The molecule has 0 aliphatic carbocycles. The van der Waals surface area contributed by atoms with Crippen molar-refractivity contribution in [1.29, 1.82) is 0 Å². The lowest BCUT2D eigenvalue weighted by atomic mass is 10.3. The topological polar surface area (TPSA) is 34.6 Å². The number of nitrogens with zero attached hydrogens (tertiary/aromatic N) is 1. The molecule has 2 heterocycles. The van der Waals surface area contributed by atoms with Crippen LogP contribution in [0, 0.1) is 0 Å². The molecule has 0 radical (unpaired) electrons. The minimum atomic E-state index is 0.445. The zero-order valence-electron chi connectivity index (χ0n) is 6.24. The van der Waals surface area contributed by atoms with Crippen molar-refractivity contribution in [2.24, 2.45) is 0 Å². The van der Waals surface area contributed by atoms with E-state index >= 15 is 0 Å². The van der Waals surface area contributed by atoms with Gasteiger partial charge in [0.05, 0.1) is 19.8 Å². The smallest absolute Gasteiger partial charge is 0.225 e. The van der Waals surface area contributed by atoms with Crippen LogP contribution in [0.2, 0.25) is 0 Å². The molecule has 1 saturated heterocycles. The molecule has 1 aliphatic rings. The van der Waals surface area contributed by atoms with E-state index in [9.17, 15) is 0 Å². The molecule has 0 bridgehead atoms. The Hall–Kier alpha value is -0.610. The Bertz CT molecular complexity index is 244. The zero-order valence-corrected chi connectivity index (χ0v) is 7.06. The summed E-state index contributed by atoms with van der Waals surface area (Å²) in [6.07, 6.45) is 1.43. The first-order valence-corrected chi connectivity index (χ1v) is 4.27. The number of rotatable bonds is 3. The SMILES string of the molecule is COc1cc(CC2CO2)sn1. The fourth-order valence-electron chi connectivity index (χ4n) is 0.897. The van der Waals surface area contributed by atoms with Crippen LogP contribution in [0.25, 0.3) is 0 Å². The molecule has 1 unspecified atom stereocenters. The number of epoxide rings is 1. The second kappa shape index (κ2) is 2.79. The lowest BCUT2D eigenvalue weighted by molar-refractivity contribution is 0.400. The molecular formula is C7H9NO2S. The lowest BCUT2D eigenvalue weighted by Gasteiger charge is -1.87. The third-order valence-electron chi connectivity index (χ3n) is 1.58. The van der Waals surface area contributed by atoms with Gasteiger partial charge < -0.3 is 9.47 Å². The van der Waals surface area contributed by atoms with Crippen molar-refractivity contribution in [3.63, 3.8) is 0 Å². The van der Waals surface area contributed by atoms with Gasteiger partial charge in [-0.05, 0) is 11.5 Å². The van der Waals surface area contributed by atoms with Crippen LogP contribution in [0.4, 0.5) is 0 Å². The van der Waals surface area contributed by atoms with Crippen molar-refractivity contribution >= 4 is 11.5 Å². The van der Waals surface area contributed by atoms with Crippen LogP contribution in [0.3, 0.4) is 0 Å². The average molecular weight is 171 g/mol. The highest BCUT2D eigenvalue weighted by Gasteiger charge is 2.23. The van der Waals surface area contributed by atoms with Gasteiger partial charge in [0, 0.05) is 17.4 Å². The minimum Gasteiger partial charge on any atom is -0.480 e. The number of methoxy groups -OCH3 is 1.